The SMILES string of the molecule is CCn1nc(NCC(c2ccccc2)N(C)C)c(=O)n(CC)c1=O. The molecule has 0 spiro atoms. The van der Waals surface area contributed by atoms with Gasteiger partial charge in [0.15, 0.2) is 0 Å². The van der Waals surface area contributed by atoms with Gasteiger partial charge in [0, 0.05) is 19.6 Å². The average Bonchev–Trinajstić information content (AvgIpc) is 2.58. The monoisotopic (exact) mass is 331 g/mol. The fourth-order valence-electron chi connectivity index (χ4n) is 2.62. The van der Waals surface area contributed by atoms with Crippen LogP contribution in [0.15, 0.2) is 39.9 Å². The lowest BCUT2D eigenvalue weighted by Gasteiger charge is -2.25. The number of likely N-dealkylation sites (N-methyl/N-ethyl adjacent to an activating group) is 1. The number of anilines is 1. The molecule has 0 bridgehead atoms. The van der Waals surface area contributed by atoms with Gasteiger partial charge in [-0.3, -0.25) is 9.36 Å². The van der Waals surface area contributed by atoms with Crippen LogP contribution in [0.5, 0.6) is 0 Å². The molecule has 0 amide bonds. The third-order valence-electron chi connectivity index (χ3n) is 4.01. The second-order valence-electron chi connectivity index (χ2n) is 5.77. The zero-order valence-electron chi connectivity index (χ0n) is 14.7. The Morgan fingerprint density at radius 2 is 1.79 bits per heavy atom. The van der Waals surface area contributed by atoms with Gasteiger partial charge in [-0.2, -0.15) is 0 Å². The first-order valence-corrected chi connectivity index (χ1v) is 8.16. The van der Waals surface area contributed by atoms with E-state index in [1.54, 1.807) is 6.92 Å². The molecule has 0 aliphatic carbocycles. The zero-order chi connectivity index (χ0) is 17.7. The third-order valence-corrected chi connectivity index (χ3v) is 4.01. The van der Waals surface area contributed by atoms with E-state index in [-0.39, 0.29) is 23.1 Å². The normalized spacial score (nSPS) is 12.4. The Morgan fingerprint density at radius 1 is 1.12 bits per heavy atom. The van der Waals surface area contributed by atoms with Crippen LogP contribution in [-0.4, -0.2) is 39.9 Å². The molecule has 1 aromatic heterocycles. The minimum absolute atomic E-state index is 0.0875. The van der Waals surface area contributed by atoms with Gasteiger partial charge in [0.1, 0.15) is 0 Å². The second kappa shape index (κ2) is 7.92. The molecule has 2 rings (SSSR count). The molecule has 1 aromatic carbocycles. The minimum Gasteiger partial charge on any atom is -0.362 e. The highest BCUT2D eigenvalue weighted by molar-refractivity contribution is 5.31. The van der Waals surface area contributed by atoms with E-state index in [9.17, 15) is 9.59 Å². The molecule has 1 N–H and O–H groups in total. The van der Waals surface area contributed by atoms with Gasteiger partial charge in [-0.1, -0.05) is 30.3 Å². The van der Waals surface area contributed by atoms with Crippen molar-refractivity contribution in [2.75, 3.05) is 26.0 Å². The van der Waals surface area contributed by atoms with Gasteiger partial charge in [0.2, 0.25) is 5.82 Å². The molecule has 0 fully saturated rings. The molecule has 0 saturated carbocycles. The minimum atomic E-state index is -0.377. The van der Waals surface area contributed by atoms with Gasteiger partial charge < -0.3 is 10.2 Å². The quantitative estimate of drug-likeness (QED) is 0.824. The van der Waals surface area contributed by atoms with Gasteiger partial charge in [-0.05, 0) is 33.5 Å². The van der Waals surface area contributed by atoms with E-state index in [2.05, 4.69) is 27.4 Å². The van der Waals surface area contributed by atoms with E-state index >= 15 is 0 Å². The number of aromatic nitrogens is 3. The van der Waals surface area contributed by atoms with E-state index in [1.165, 1.54) is 9.25 Å². The molecule has 0 aliphatic heterocycles. The molecule has 0 aliphatic rings. The summed E-state index contributed by atoms with van der Waals surface area (Å²) in [4.78, 5) is 26.6. The summed E-state index contributed by atoms with van der Waals surface area (Å²) in [6.45, 7) is 4.87. The summed E-state index contributed by atoms with van der Waals surface area (Å²) in [5.41, 5.74) is 0.398. The van der Waals surface area contributed by atoms with Crippen molar-refractivity contribution in [2.45, 2.75) is 33.0 Å². The van der Waals surface area contributed by atoms with Gasteiger partial charge >= 0.3 is 5.69 Å². The maximum absolute atomic E-state index is 12.4. The zero-order valence-corrected chi connectivity index (χ0v) is 14.7. The highest BCUT2D eigenvalue weighted by atomic mass is 16.2. The number of hydrogen-bond donors (Lipinski definition) is 1. The lowest BCUT2D eigenvalue weighted by Crippen LogP contribution is -2.42. The van der Waals surface area contributed by atoms with Crippen LogP contribution >= 0.6 is 0 Å². The average molecular weight is 331 g/mol. The van der Waals surface area contributed by atoms with Crippen molar-refractivity contribution in [3.8, 4) is 0 Å². The van der Waals surface area contributed by atoms with Gasteiger partial charge in [0.25, 0.3) is 5.56 Å². The number of benzene rings is 1. The highest BCUT2D eigenvalue weighted by Crippen LogP contribution is 2.17. The number of nitrogens with one attached hydrogen (secondary N) is 1. The predicted molar refractivity (Wildman–Crippen MR) is 95.5 cm³/mol. The van der Waals surface area contributed by atoms with Gasteiger partial charge in [0.05, 0.1) is 6.04 Å². The summed E-state index contributed by atoms with van der Waals surface area (Å²) < 4.78 is 2.51. The molecule has 7 heteroatoms. The Bertz CT molecular complexity index is 780. The van der Waals surface area contributed by atoms with Gasteiger partial charge in [-0.25, -0.2) is 9.48 Å². The van der Waals surface area contributed by atoms with Crippen LogP contribution in [0.3, 0.4) is 0 Å². The van der Waals surface area contributed by atoms with Crippen molar-refractivity contribution >= 4 is 5.82 Å². The first kappa shape index (κ1) is 17.9. The molecular formula is C17H25N5O2. The molecule has 1 unspecified atom stereocenters. The number of hydrogen-bond acceptors (Lipinski definition) is 5. The molecular weight excluding hydrogens is 306 g/mol. The van der Waals surface area contributed by atoms with Crippen LogP contribution in [0.2, 0.25) is 0 Å². The fraction of sp³-hybridized carbons (Fsp3) is 0.471. The maximum atomic E-state index is 12.4. The number of rotatable bonds is 7. The molecule has 0 saturated heterocycles. The first-order valence-electron chi connectivity index (χ1n) is 8.16. The summed E-state index contributed by atoms with van der Waals surface area (Å²) in [5.74, 6) is 0.209. The lowest BCUT2D eigenvalue weighted by molar-refractivity contribution is 0.311. The van der Waals surface area contributed by atoms with Crippen molar-refractivity contribution in [3.05, 3.63) is 56.7 Å². The summed E-state index contributed by atoms with van der Waals surface area (Å²) in [6.07, 6.45) is 0. The van der Waals surface area contributed by atoms with Gasteiger partial charge in [-0.15, -0.1) is 5.10 Å². The predicted octanol–water partition coefficient (Wildman–Crippen LogP) is 1.16. The molecule has 130 valence electrons. The van der Waals surface area contributed by atoms with Crippen molar-refractivity contribution < 1.29 is 0 Å². The molecule has 2 aromatic rings. The van der Waals surface area contributed by atoms with E-state index in [0.717, 1.165) is 5.56 Å². The van der Waals surface area contributed by atoms with Crippen LogP contribution in [0.25, 0.3) is 0 Å². The smallest absolute Gasteiger partial charge is 0.347 e. The van der Waals surface area contributed by atoms with Crippen LogP contribution in [0, 0.1) is 0 Å². The molecule has 7 nitrogen and oxygen atoms in total. The molecule has 24 heavy (non-hydrogen) atoms. The first-order chi connectivity index (χ1) is 11.5. The topological polar surface area (TPSA) is 72.2 Å². The Hall–Kier alpha value is -2.41. The Labute approximate surface area is 141 Å². The van der Waals surface area contributed by atoms with E-state index < -0.39 is 0 Å². The maximum Gasteiger partial charge on any atom is 0.347 e. The Morgan fingerprint density at radius 3 is 2.33 bits per heavy atom. The molecule has 0 radical (unpaired) electrons. The largest absolute Gasteiger partial charge is 0.362 e. The molecule has 1 heterocycles. The van der Waals surface area contributed by atoms with Crippen LogP contribution in [0.1, 0.15) is 25.5 Å². The summed E-state index contributed by atoms with van der Waals surface area (Å²) in [6, 6.07) is 10.2. The van der Waals surface area contributed by atoms with Crippen LogP contribution < -0.4 is 16.6 Å². The van der Waals surface area contributed by atoms with Crippen molar-refractivity contribution in [2.24, 2.45) is 0 Å². The second-order valence-corrected chi connectivity index (χ2v) is 5.77. The van der Waals surface area contributed by atoms with E-state index in [0.29, 0.717) is 19.6 Å². The lowest BCUT2D eigenvalue weighted by atomic mass is 10.1. The Kier molecular flexibility index (Phi) is 5.92. The highest BCUT2D eigenvalue weighted by Gasteiger charge is 2.16. The number of aryl methyl sites for hydroxylation is 1. The standard InChI is InChI=1S/C17H25N5O2/c1-5-21-16(23)15(19-22(6-2)17(21)24)18-12-14(20(3)4)13-10-8-7-9-11-13/h7-11,14H,5-6,12H2,1-4H3,(H,18,19). The van der Waals surface area contributed by atoms with Crippen LogP contribution in [0.4, 0.5) is 5.82 Å². The van der Waals surface area contributed by atoms with E-state index in [4.69, 9.17) is 0 Å². The van der Waals surface area contributed by atoms with Crippen LogP contribution in [-0.2, 0) is 13.1 Å². The summed E-state index contributed by atoms with van der Waals surface area (Å²) >= 11 is 0. The van der Waals surface area contributed by atoms with E-state index in [1.807, 2.05) is 39.2 Å². The van der Waals surface area contributed by atoms with Crippen molar-refractivity contribution in [3.63, 3.8) is 0 Å². The Balaban J connectivity index is 2.30. The van der Waals surface area contributed by atoms with Crippen molar-refractivity contribution in [1.82, 2.24) is 19.2 Å². The fourth-order valence-corrected chi connectivity index (χ4v) is 2.62. The third kappa shape index (κ3) is 3.73. The summed E-state index contributed by atoms with van der Waals surface area (Å²) in [7, 11) is 3.98. The molecule has 1 atom stereocenters. The van der Waals surface area contributed by atoms with Crippen molar-refractivity contribution in [1.29, 1.82) is 0 Å². The number of nitrogens with zero attached hydrogens (tertiary/aromatic N) is 4. The summed E-state index contributed by atoms with van der Waals surface area (Å²) in [5, 5.41) is 7.29.